The summed E-state index contributed by atoms with van der Waals surface area (Å²) in [6.45, 7) is 3.96. The molecule has 6 heteroatoms. The summed E-state index contributed by atoms with van der Waals surface area (Å²) in [6.07, 6.45) is 0.689. The fourth-order valence-electron chi connectivity index (χ4n) is 3.86. The predicted octanol–water partition coefficient (Wildman–Crippen LogP) is 4.50. The molecule has 2 atom stereocenters. The normalized spacial score (nSPS) is 13.5. The van der Waals surface area contributed by atoms with Gasteiger partial charge in [0.2, 0.25) is 0 Å². The zero-order valence-electron chi connectivity index (χ0n) is 17.5. The second-order valence-electron chi connectivity index (χ2n) is 7.55. The molecule has 31 heavy (non-hydrogen) atoms. The number of hydrogen-bond acceptors (Lipinski definition) is 3. The molecule has 3 N–H and O–H groups in total. The summed E-state index contributed by atoms with van der Waals surface area (Å²) >= 11 is 0. The number of carboxylic acids is 1. The Morgan fingerprint density at radius 3 is 2.29 bits per heavy atom. The van der Waals surface area contributed by atoms with Gasteiger partial charge in [-0.25, -0.2) is 4.39 Å². The molecule has 0 saturated heterocycles. The summed E-state index contributed by atoms with van der Waals surface area (Å²) < 4.78 is 15.6. The van der Waals surface area contributed by atoms with Crippen LogP contribution in [0.1, 0.15) is 29.8 Å². The molecule has 0 saturated carbocycles. The third kappa shape index (κ3) is 5.29. The number of halogens is 1. The molecule has 0 unspecified atom stereocenters. The second-order valence-corrected chi connectivity index (χ2v) is 7.55. The van der Waals surface area contributed by atoms with E-state index < -0.39 is 24.6 Å². The lowest BCUT2D eigenvalue weighted by Gasteiger charge is -2.11. The average molecular weight is 423 g/mol. The smallest absolute Gasteiger partial charge is 0.305 e. The molecule has 0 aliphatic carbocycles. The van der Waals surface area contributed by atoms with Crippen molar-refractivity contribution >= 4 is 12.0 Å². The van der Waals surface area contributed by atoms with E-state index in [9.17, 15) is 19.4 Å². The summed E-state index contributed by atoms with van der Waals surface area (Å²) in [5, 5.41) is 28.8. The fourth-order valence-corrected chi connectivity index (χ4v) is 3.86. The summed E-state index contributed by atoms with van der Waals surface area (Å²) in [6, 6.07) is 16.1. The van der Waals surface area contributed by atoms with Crippen molar-refractivity contribution in [2.24, 2.45) is 0 Å². The van der Waals surface area contributed by atoms with Crippen LogP contribution in [-0.4, -0.2) is 38.1 Å². The molecule has 2 aromatic carbocycles. The number of carbonyl (C=O) groups is 1. The van der Waals surface area contributed by atoms with Gasteiger partial charge in [0, 0.05) is 34.6 Å². The quantitative estimate of drug-likeness (QED) is 0.498. The largest absolute Gasteiger partial charge is 0.481 e. The van der Waals surface area contributed by atoms with Gasteiger partial charge in [0.1, 0.15) is 5.82 Å². The SMILES string of the molecule is Cc1c(/C=C/[C@@H](O)C[C@@H](O)CC(=O)O)c(-c2ccc(F)cc2)c(C)n1-c1ccccc1. The molecule has 0 aliphatic heterocycles. The Bertz CT molecular complexity index is 1070. The minimum Gasteiger partial charge on any atom is -0.481 e. The summed E-state index contributed by atoms with van der Waals surface area (Å²) in [5.41, 5.74) is 5.51. The van der Waals surface area contributed by atoms with Gasteiger partial charge in [-0.15, -0.1) is 0 Å². The number of aromatic nitrogens is 1. The Hall–Kier alpha value is -3.22. The minimum absolute atomic E-state index is 0.0773. The summed E-state index contributed by atoms with van der Waals surface area (Å²) in [7, 11) is 0. The number of para-hydroxylation sites is 1. The van der Waals surface area contributed by atoms with Crippen molar-refractivity contribution in [2.75, 3.05) is 0 Å². The predicted molar refractivity (Wildman–Crippen MR) is 119 cm³/mol. The van der Waals surface area contributed by atoms with E-state index in [1.807, 2.05) is 44.2 Å². The van der Waals surface area contributed by atoms with Crippen LogP contribution in [0.3, 0.4) is 0 Å². The van der Waals surface area contributed by atoms with E-state index in [4.69, 9.17) is 5.11 Å². The van der Waals surface area contributed by atoms with Gasteiger partial charge >= 0.3 is 5.97 Å². The fraction of sp³-hybridized carbons (Fsp3) is 0.240. The first-order valence-electron chi connectivity index (χ1n) is 10.1. The molecule has 0 bridgehead atoms. The highest BCUT2D eigenvalue weighted by molar-refractivity contribution is 5.80. The van der Waals surface area contributed by atoms with Gasteiger partial charge in [0.25, 0.3) is 0 Å². The molecule has 162 valence electrons. The molecular weight excluding hydrogens is 397 g/mol. The van der Waals surface area contributed by atoms with E-state index in [-0.39, 0.29) is 12.2 Å². The molecule has 0 fully saturated rings. The highest BCUT2D eigenvalue weighted by atomic mass is 19.1. The van der Waals surface area contributed by atoms with Gasteiger partial charge in [0.05, 0.1) is 18.6 Å². The number of hydrogen-bond donors (Lipinski definition) is 3. The van der Waals surface area contributed by atoms with Crippen molar-refractivity contribution in [3.8, 4) is 16.8 Å². The number of nitrogens with zero attached hydrogens (tertiary/aromatic N) is 1. The highest BCUT2D eigenvalue weighted by Crippen LogP contribution is 2.35. The van der Waals surface area contributed by atoms with Crippen molar-refractivity contribution < 1.29 is 24.5 Å². The molecule has 5 nitrogen and oxygen atoms in total. The van der Waals surface area contributed by atoms with E-state index >= 15 is 0 Å². The zero-order valence-corrected chi connectivity index (χ0v) is 17.5. The van der Waals surface area contributed by atoms with Crippen LogP contribution in [0.25, 0.3) is 22.9 Å². The van der Waals surface area contributed by atoms with E-state index in [2.05, 4.69) is 4.57 Å². The van der Waals surface area contributed by atoms with Crippen LogP contribution in [0, 0.1) is 19.7 Å². The second kappa shape index (κ2) is 9.73. The van der Waals surface area contributed by atoms with Crippen LogP contribution in [0.4, 0.5) is 4.39 Å². The van der Waals surface area contributed by atoms with Crippen LogP contribution in [0.2, 0.25) is 0 Å². The molecule has 0 radical (unpaired) electrons. The Labute approximate surface area is 180 Å². The summed E-state index contributed by atoms with van der Waals surface area (Å²) in [4.78, 5) is 10.7. The number of aliphatic hydroxyl groups excluding tert-OH is 2. The topological polar surface area (TPSA) is 82.7 Å². The molecule has 0 aliphatic rings. The number of aliphatic carboxylic acids is 1. The van der Waals surface area contributed by atoms with Crippen molar-refractivity contribution in [1.82, 2.24) is 4.57 Å². The monoisotopic (exact) mass is 423 g/mol. The molecular formula is C25H26FNO4. The van der Waals surface area contributed by atoms with Gasteiger partial charge in [-0.2, -0.15) is 0 Å². The lowest BCUT2D eigenvalue weighted by atomic mass is 9.99. The minimum atomic E-state index is -1.13. The van der Waals surface area contributed by atoms with Crippen LogP contribution >= 0.6 is 0 Å². The number of benzene rings is 2. The van der Waals surface area contributed by atoms with Crippen molar-refractivity contribution in [3.63, 3.8) is 0 Å². The van der Waals surface area contributed by atoms with Crippen LogP contribution in [0.5, 0.6) is 0 Å². The Morgan fingerprint density at radius 2 is 1.68 bits per heavy atom. The number of carboxylic acid groups (broad SMARTS) is 1. The van der Waals surface area contributed by atoms with Crippen LogP contribution in [-0.2, 0) is 4.79 Å². The lowest BCUT2D eigenvalue weighted by Crippen LogP contribution is -2.19. The molecule has 0 amide bonds. The van der Waals surface area contributed by atoms with Gasteiger partial charge in [-0.1, -0.05) is 42.5 Å². The van der Waals surface area contributed by atoms with E-state index in [1.54, 1.807) is 24.3 Å². The van der Waals surface area contributed by atoms with Gasteiger partial charge in [-0.3, -0.25) is 4.79 Å². The van der Waals surface area contributed by atoms with Crippen molar-refractivity contribution in [3.05, 3.63) is 83.4 Å². The van der Waals surface area contributed by atoms with Crippen LogP contribution in [0.15, 0.2) is 60.7 Å². The van der Waals surface area contributed by atoms with Crippen LogP contribution < -0.4 is 0 Å². The van der Waals surface area contributed by atoms with Crippen molar-refractivity contribution in [2.45, 2.75) is 38.9 Å². The molecule has 0 spiro atoms. The van der Waals surface area contributed by atoms with E-state index in [1.165, 1.54) is 12.1 Å². The first-order chi connectivity index (χ1) is 14.8. The molecule has 3 rings (SSSR count). The Morgan fingerprint density at radius 1 is 1.03 bits per heavy atom. The average Bonchev–Trinajstić information content (AvgIpc) is 2.96. The maximum atomic E-state index is 13.5. The third-order valence-electron chi connectivity index (χ3n) is 5.25. The zero-order chi connectivity index (χ0) is 22.5. The highest BCUT2D eigenvalue weighted by Gasteiger charge is 2.19. The lowest BCUT2D eigenvalue weighted by molar-refractivity contribution is -0.139. The van der Waals surface area contributed by atoms with Gasteiger partial charge < -0.3 is 19.9 Å². The number of aliphatic hydroxyl groups is 2. The Balaban J connectivity index is 2.03. The third-order valence-corrected chi connectivity index (χ3v) is 5.25. The Kier molecular flexibility index (Phi) is 7.05. The van der Waals surface area contributed by atoms with E-state index in [0.717, 1.165) is 33.8 Å². The first-order valence-corrected chi connectivity index (χ1v) is 10.1. The molecule has 1 aromatic heterocycles. The maximum absolute atomic E-state index is 13.5. The first kappa shape index (κ1) is 22.5. The number of rotatable bonds is 8. The standard InChI is InChI=1S/C25H26FNO4/c1-16-23(13-12-21(28)14-22(29)15-24(30)31)25(18-8-10-19(26)11-9-18)17(2)27(16)20-6-4-3-5-7-20/h3-13,21-22,28-29H,14-15H2,1-2H3,(H,30,31)/b13-12+/t21-,22-/m1/s1. The maximum Gasteiger partial charge on any atom is 0.305 e. The van der Waals surface area contributed by atoms with Gasteiger partial charge in [-0.05, 0) is 43.7 Å². The summed E-state index contributed by atoms with van der Waals surface area (Å²) in [5.74, 6) is -1.44. The molecule has 3 aromatic rings. The van der Waals surface area contributed by atoms with E-state index in [0.29, 0.717) is 0 Å². The molecule has 1 heterocycles. The van der Waals surface area contributed by atoms with Crippen molar-refractivity contribution in [1.29, 1.82) is 0 Å². The van der Waals surface area contributed by atoms with Gasteiger partial charge in [0.15, 0.2) is 0 Å².